The van der Waals surface area contributed by atoms with Gasteiger partial charge in [0.25, 0.3) is 0 Å². The Hall–Kier alpha value is -0.650. The van der Waals surface area contributed by atoms with Crippen molar-refractivity contribution in [2.45, 2.75) is 56.5 Å². The summed E-state index contributed by atoms with van der Waals surface area (Å²) in [6.45, 7) is 5.88. The van der Waals surface area contributed by atoms with Gasteiger partial charge in [-0.2, -0.15) is 0 Å². The van der Waals surface area contributed by atoms with Crippen LogP contribution in [0, 0.1) is 0 Å². The topological polar surface area (TPSA) is 44.8 Å². The van der Waals surface area contributed by atoms with E-state index in [4.69, 9.17) is 4.74 Å². The van der Waals surface area contributed by atoms with Gasteiger partial charge < -0.3 is 9.64 Å². The number of carbonyl (C=O) groups is 1. The summed E-state index contributed by atoms with van der Waals surface area (Å²) in [5.74, 6) is 0.298. The summed E-state index contributed by atoms with van der Waals surface area (Å²) in [4.78, 5) is 16.9. The van der Waals surface area contributed by atoms with Crippen molar-refractivity contribution in [1.82, 2.24) is 15.1 Å². The molecule has 0 aromatic carbocycles. The minimum absolute atomic E-state index is 0.162. The van der Waals surface area contributed by atoms with E-state index in [-0.39, 0.29) is 17.8 Å². The van der Waals surface area contributed by atoms with E-state index in [0.29, 0.717) is 11.9 Å². The first-order valence-electron chi connectivity index (χ1n) is 7.62. The first-order chi connectivity index (χ1) is 9.18. The molecule has 4 rings (SSSR count). The summed E-state index contributed by atoms with van der Waals surface area (Å²) < 4.78 is 5.98. The van der Waals surface area contributed by atoms with Gasteiger partial charge in [0.15, 0.2) is 0 Å². The van der Waals surface area contributed by atoms with Crippen LogP contribution in [0.5, 0.6) is 0 Å². The Morgan fingerprint density at radius 1 is 1.47 bits per heavy atom. The van der Waals surface area contributed by atoms with Gasteiger partial charge in [-0.1, -0.05) is 0 Å². The predicted octanol–water partition coefficient (Wildman–Crippen LogP) is 0.160. The smallest absolute Gasteiger partial charge is 0.244 e. The normalized spacial score (nSPS) is 41.0. The maximum Gasteiger partial charge on any atom is 0.244 e. The van der Waals surface area contributed by atoms with E-state index >= 15 is 0 Å². The number of rotatable bonds is 2. The van der Waals surface area contributed by atoms with Crippen molar-refractivity contribution in [3.8, 4) is 0 Å². The zero-order chi connectivity index (χ0) is 13.0. The monoisotopic (exact) mass is 265 g/mol. The fourth-order valence-electron chi connectivity index (χ4n) is 3.93. The van der Waals surface area contributed by atoms with Crippen LogP contribution in [0.2, 0.25) is 0 Å². The highest BCUT2D eigenvalue weighted by Crippen LogP contribution is 2.42. The minimum atomic E-state index is -0.190. The molecule has 4 fully saturated rings. The molecule has 1 spiro atoms. The summed E-state index contributed by atoms with van der Waals surface area (Å²) in [5, 5.41) is 3.45. The van der Waals surface area contributed by atoms with Gasteiger partial charge in [0.1, 0.15) is 0 Å². The summed E-state index contributed by atoms with van der Waals surface area (Å²) in [6.07, 6.45) is 4.94. The molecule has 1 amide bonds. The molecule has 0 radical (unpaired) electrons. The van der Waals surface area contributed by atoms with Gasteiger partial charge in [0.05, 0.1) is 24.4 Å². The Morgan fingerprint density at radius 2 is 2.32 bits per heavy atom. The van der Waals surface area contributed by atoms with E-state index in [1.165, 1.54) is 19.4 Å². The van der Waals surface area contributed by atoms with Crippen LogP contribution in [0.4, 0.5) is 0 Å². The fraction of sp³-hybridized carbons (Fsp3) is 0.929. The maximum absolute atomic E-state index is 12.4. The average Bonchev–Trinajstić information content (AvgIpc) is 2.96. The number of hydrogen-bond donors (Lipinski definition) is 1. The molecular formula is C14H23N3O2. The van der Waals surface area contributed by atoms with Gasteiger partial charge in [0, 0.05) is 19.1 Å². The first kappa shape index (κ1) is 12.1. The lowest BCUT2D eigenvalue weighted by Gasteiger charge is -2.37. The van der Waals surface area contributed by atoms with E-state index in [9.17, 15) is 4.79 Å². The number of carbonyl (C=O) groups excluding carboxylic acids is 1. The minimum Gasteiger partial charge on any atom is -0.373 e. The fourth-order valence-corrected chi connectivity index (χ4v) is 3.93. The average molecular weight is 265 g/mol. The molecule has 1 aliphatic carbocycles. The van der Waals surface area contributed by atoms with Gasteiger partial charge in [-0.05, 0) is 39.2 Å². The second kappa shape index (κ2) is 4.17. The van der Waals surface area contributed by atoms with Gasteiger partial charge >= 0.3 is 0 Å². The van der Waals surface area contributed by atoms with Crippen LogP contribution >= 0.6 is 0 Å². The highest BCUT2D eigenvalue weighted by Gasteiger charge is 2.58. The number of ether oxygens (including phenoxy) is 1. The van der Waals surface area contributed by atoms with Crippen molar-refractivity contribution in [3.63, 3.8) is 0 Å². The molecule has 5 heteroatoms. The Morgan fingerprint density at radius 3 is 3.05 bits per heavy atom. The summed E-state index contributed by atoms with van der Waals surface area (Å²) in [7, 11) is 0. The molecule has 1 saturated carbocycles. The first-order valence-corrected chi connectivity index (χ1v) is 7.62. The zero-order valence-corrected chi connectivity index (χ0v) is 11.6. The van der Waals surface area contributed by atoms with Crippen LogP contribution in [-0.4, -0.2) is 65.8 Å². The number of hydrogen-bond acceptors (Lipinski definition) is 4. The van der Waals surface area contributed by atoms with E-state index in [1.54, 1.807) is 0 Å². The molecule has 3 unspecified atom stereocenters. The Labute approximate surface area is 114 Å². The highest BCUT2D eigenvalue weighted by molar-refractivity contribution is 5.91. The second-order valence-electron chi connectivity index (χ2n) is 6.61. The molecule has 3 aliphatic heterocycles. The van der Waals surface area contributed by atoms with Crippen LogP contribution in [-0.2, 0) is 9.53 Å². The Balaban J connectivity index is 1.40. The van der Waals surface area contributed by atoms with Crippen LogP contribution in [0.1, 0.15) is 32.6 Å². The molecule has 1 N–H and O–H groups in total. The van der Waals surface area contributed by atoms with Crippen molar-refractivity contribution in [1.29, 1.82) is 0 Å². The third-order valence-corrected chi connectivity index (χ3v) is 5.23. The number of fused-ring (bicyclic) bond motifs is 1. The molecule has 3 heterocycles. The molecule has 3 saturated heterocycles. The largest absolute Gasteiger partial charge is 0.373 e. The number of amides is 1. The molecule has 106 valence electrons. The number of morpholine rings is 1. The molecule has 0 aromatic rings. The van der Waals surface area contributed by atoms with Gasteiger partial charge in [0.2, 0.25) is 5.91 Å². The maximum atomic E-state index is 12.4. The van der Waals surface area contributed by atoms with Crippen LogP contribution in [0.25, 0.3) is 0 Å². The molecule has 5 nitrogen and oxygen atoms in total. The van der Waals surface area contributed by atoms with Crippen molar-refractivity contribution < 1.29 is 9.53 Å². The Kier molecular flexibility index (Phi) is 2.66. The zero-order valence-electron chi connectivity index (χ0n) is 11.6. The highest BCUT2D eigenvalue weighted by atomic mass is 16.5. The van der Waals surface area contributed by atoms with Gasteiger partial charge in [-0.15, -0.1) is 0 Å². The molecule has 19 heavy (non-hydrogen) atoms. The van der Waals surface area contributed by atoms with Crippen molar-refractivity contribution in [2.75, 3.05) is 26.2 Å². The third kappa shape index (κ3) is 1.90. The Bertz CT molecular complexity index is 396. The number of nitrogens with one attached hydrogen (secondary N) is 1. The van der Waals surface area contributed by atoms with Crippen molar-refractivity contribution in [3.05, 3.63) is 0 Å². The molecule has 3 atom stereocenters. The quantitative estimate of drug-likeness (QED) is 0.772. The van der Waals surface area contributed by atoms with Crippen molar-refractivity contribution in [2.24, 2.45) is 0 Å². The van der Waals surface area contributed by atoms with Gasteiger partial charge in [-0.3, -0.25) is 15.0 Å². The number of nitrogens with zero attached hydrogens (tertiary/aromatic N) is 2. The molecule has 0 bridgehead atoms. The SMILES string of the molecule is CC1NC2(CC2)C(=O)N1CC1CN2CCCC2CO1. The van der Waals surface area contributed by atoms with E-state index in [2.05, 4.69) is 17.1 Å². The standard InChI is InChI=1S/C14H23N3O2/c1-10-15-14(4-5-14)13(18)17(10)8-12-7-16-6-2-3-11(16)9-19-12/h10-12,15H,2-9H2,1H3. The van der Waals surface area contributed by atoms with Crippen molar-refractivity contribution >= 4 is 5.91 Å². The molecular weight excluding hydrogens is 242 g/mol. The molecule has 4 aliphatic rings. The van der Waals surface area contributed by atoms with E-state index < -0.39 is 0 Å². The van der Waals surface area contributed by atoms with Crippen LogP contribution in [0.15, 0.2) is 0 Å². The van der Waals surface area contributed by atoms with Gasteiger partial charge in [-0.25, -0.2) is 0 Å². The third-order valence-electron chi connectivity index (χ3n) is 5.23. The lowest BCUT2D eigenvalue weighted by Crippen LogP contribution is -2.51. The second-order valence-corrected chi connectivity index (χ2v) is 6.61. The lowest BCUT2D eigenvalue weighted by molar-refractivity contribution is -0.134. The molecule has 0 aromatic heterocycles. The predicted molar refractivity (Wildman–Crippen MR) is 70.6 cm³/mol. The summed E-state index contributed by atoms with van der Waals surface area (Å²) in [5.41, 5.74) is -0.190. The summed E-state index contributed by atoms with van der Waals surface area (Å²) >= 11 is 0. The van der Waals surface area contributed by atoms with Crippen LogP contribution < -0.4 is 5.32 Å². The van der Waals surface area contributed by atoms with Crippen LogP contribution in [0.3, 0.4) is 0 Å². The summed E-state index contributed by atoms with van der Waals surface area (Å²) in [6, 6.07) is 0.635. The van der Waals surface area contributed by atoms with E-state index in [1.807, 2.05) is 4.90 Å². The lowest BCUT2D eigenvalue weighted by atomic mass is 10.1. The van der Waals surface area contributed by atoms with E-state index in [0.717, 1.165) is 32.5 Å².